The molecular weight excluding hydrogens is 304 g/mol. The van der Waals surface area contributed by atoms with Crippen LogP contribution in [-0.4, -0.2) is 18.9 Å². The quantitative estimate of drug-likeness (QED) is 0.676. The molecule has 0 aliphatic heterocycles. The second-order valence-corrected chi connectivity index (χ2v) is 4.87. The van der Waals surface area contributed by atoms with E-state index >= 15 is 0 Å². The summed E-state index contributed by atoms with van der Waals surface area (Å²) in [6, 6.07) is 7.98. The SMILES string of the molecule is COC(=O)c1ccc(F)c(CNc2cccc(F)c2C(C)=O)c1. The van der Waals surface area contributed by atoms with E-state index in [0.717, 1.165) is 6.07 Å². The van der Waals surface area contributed by atoms with Crippen LogP contribution in [0.2, 0.25) is 0 Å². The molecule has 0 unspecified atom stereocenters. The number of benzene rings is 2. The number of anilines is 1. The van der Waals surface area contributed by atoms with Gasteiger partial charge in [0.2, 0.25) is 0 Å². The number of nitrogens with one attached hydrogen (secondary N) is 1. The molecule has 0 bridgehead atoms. The maximum Gasteiger partial charge on any atom is 0.337 e. The predicted octanol–water partition coefficient (Wildman–Crippen LogP) is 3.57. The van der Waals surface area contributed by atoms with Gasteiger partial charge in [-0.05, 0) is 37.3 Å². The van der Waals surface area contributed by atoms with Crippen LogP contribution in [0.15, 0.2) is 36.4 Å². The van der Waals surface area contributed by atoms with E-state index in [1.54, 1.807) is 0 Å². The number of carbonyl (C=O) groups excluding carboxylic acids is 2. The van der Waals surface area contributed by atoms with Crippen LogP contribution in [0.4, 0.5) is 14.5 Å². The number of esters is 1. The Kier molecular flexibility index (Phi) is 5.05. The highest BCUT2D eigenvalue weighted by Gasteiger charge is 2.14. The summed E-state index contributed by atoms with van der Waals surface area (Å²) in [4.78, 5) is 23.0. The maximum atomic E-state index is 13.8. The standard InChI is InChI=1S/C17H15F2NO3/c1-10(21)16-14(19)4-3-5-15(16)20-9-12-8-11(17(22)23-2)6-7-13(12)18/h3-8,20H,9H2,1-2H3. The van der Waals surface area contributed by atoms with Gasteiger partial charge < -0.3 is 10.1 Å². The summed E-state index contributed by atoms with van der Waals surface area (Å²) < 4.78 is 32.2. The third kappa shape index (κ3) is 3.71. The van der Waals surface area contributed by atoms with Crippen LogP contribution in [0.5, 0.6) is 0 Å². The predicted molar refractivity (Wildman–Crippen MR) is 81.5 cm³/mol. The molecule has 0 heterocycles. The Morgan fingerprint density at radius 3 is 2.52 bits per heavy atom. The minimum atomic E-state index is -0.647. The van der Waals surface area contributed by atoms with Crippen molar-refractivity contribution in [2.45, 2.75) is 13.5 Å². The van der Waals surface area contributed by atoms with Gasteiger partial charge in [-0.1, -0.05) is 6.07 Å². The number of halogens is 2. The lowest BCUT2D eigenvalue weighted by Crippen LogP contribution is -2.09. The van der Waals surface area contributed by atoms with Crippen molar-refractivity contribution < 1.29 is 23.1 Å². The van der Waals surface area contributed by atoms with Crippen LogP contribution in [0, 0.1) is 11.6 Å². The molecule has 0 atom stereocenters. The molecule has 2 aromatic carbocycles. The van der Waals surface area contributed by atoms with Crippen molar-refractivity contribution >= 4 is 17.4 Å². The van der Waals surface area contributed by atoms with Gasteiger partial charge in [0.15, 0.2) is 5.78 Å². The van der Waals surface area contributed by atoms with E-state index in [1.165, 1.54) is 44.4 Å². The molecule has 120 valence electrons. The van der Waals surface area contributed by atoms with Crippen molar-refractivity contribution in [3.8, 4) is 0 Å². The number of ketones is 1. The molecule has 0 aromatic heterocycles. The molecule has 0 amide bonds. The highest BCUT2D eigenvalue weighted by molar-refractivity contribution is 5.99. The summed E-state index contributed by atoms with van der Waals surface area (Å²) in [5.74, 6) is -2.19. The molecule has 0 saturated heterocycles. The van der Waals surface area contributed by atoms with Crippen molar-refractivity contribution in [2.24, 2.45) is 0 Å². The second-order valence-electron chi connectivity index (χ2n) is 4.87. The average Bonchev–Trinajstić information content (AvgIpc) is 2.53. The molecule has 4 nitrogen and oxygen atoms in total. The smallest absolute Gasteiger partial charge is 0.337 e. The van der Waals surface area contributed by atoms with E-state index in [1.807, 2.05) is 0 Å². The van der Waals surface area contributed by atoms with Crippen molar-refractivity contribution in [1.29, 1.82) is 0 Å². The summed E-state index contributed by atoms with van der Waals surface area (Å²) in [6.45, 7) is 1.24. The van der Waals surface area contributed by atoms with Crippen LogP contribution >= 0.6 is 0 Å². The van der Waals surface area contributed by atoms with Crippen molar-refractivity contribution in [1.82, 2.24) is 0 Å². The first-order valence-electron chi connectivity index (χ1n) is 6.84. The van der Waals surface area contributed by atoms with Gasteiger partial charge in [0.05, 0.1) is 18.2 Å². The van der Waals surface area contributed by atoms with Gasteiger partial charge in [0.25, 0.3) is 0 Å². The number of methoxy groups -OCH3 is 1. The summed E-state index contributed by atoms with van der Waals surface area (Å²) in [7, 11) is 1.23. The molecule has 0 saturated carbocycles. The van der Waals surface area contributed by atoms with Gasteiger partial charge in [-0.3, -0.25) is 4.79 Å². The van der Waals surface area contributed by atoms with Crippen LogP contribution < -0.4 is 5.32 Å². The molecule has 2 rings (SSSR count). The zero-order chi connectivity index (χ0) is 17.0. The van der Waals surface area contributed by atoms with Crippen molar-refractivity contribution in [3.05, 3.63) is 64.7 Å². The van der Waals surface area contributed by atoms with Gasteiger partial charge >= 0.3 is 5.97 Å². The largest absolute Gasteiger partial charge is 0.465 e. The van der Waals surface area contributed by atoms with Crippen LogP contribution in [-0.2, 0) is 11.3 Å². The van der Waals surface area contributed by atoms with Crippen molar-refractivity contribution in [3.63, 3.8) is 0 Å². The Hall–Kier alpha value is -2.76. The number of Topliss-reactive ketones (excluding diaryl/α,β-unsaturated/α-hetero) is 1. The Morgan fingerprint density at radius 2 is 1.87 bits per heavy atom. The molecule has 23 heavy (non-hydrogen) atoms. The second kappa shape index (κ2) is 7.00. The van der Waals surface area contributed by atoms with Gasteiger partial charge in [0.1, 0.15) is 11.6 Å². The van der Waals surface area contributed by atoms with E-state index in [0.29, 0.717) is 0 Å². The van der Waals surface area contributed by atoms with Crippen LogP contribution in [0.1, 0.15) is 33.2 Å². The zero-order valence-corrected chi connectivity index (χ0v) is 12.7. The highest BCUT2D eigenvalue weighted by Crippen LogP contribution is 2.21. The number of carbonyl (C=O) groups is 2. The van der Waals surface area contributed by atoms with Crippen LogP contribution in [0.3, 0.4) is 0 Å². The zero-order valence-electron chi connectivity index (χ0n) is 12.7. The van der Waals surface area contributed by atoms with Gasteiger partial charge in [0, 0.05) is 17.8 Å². The fourth-order valence-corrected chi connectivity index (χ4v) is 2.17. The Bertz CT molecular complexity index is 759. The average molecular weight is 319 g/mol. The van der Waals surface area contributed by atoms with E-state index in [2.05, 4.69) is 10.1 Å². The number of hydrogen-bond donors (Lipinski definition) is 1. The lowest BCUT2D eigenvalue weighted by atomic mass is 10.1. The summed E-state index contributed by atoms with van der Waals surface area (Å²) in [5.41, 5.74) is 0.584. The molecular formula is C17H15F2NO3. The third-order valence-corrected chi connectivity index (χ3v) is 3.30. The monoisotopic (exact) mass is 319 g/mol. The van der Waals surface area contributed by atoms with Crippen LogP contribution in [0.25, 0.3) is 0 Å². The fourth-order valence-electron chi connectivity index (χ4n) is 2.17. The Labute approximate surface area is 132 Å². The first-order valence-corrected chi connectivity index (χ1v) is 6.84. The molecule has 0 radical (unpaired) electrons. The van der Waals surface area contributed by atoms with E-state index < -0.39 is 23.4 Å². The summed E-state index contributed by atoms with van der Waals surface area (Å²) >= 11 is 0. The lowest BCUT2D eigenvalue weighted by Gasteiger charge is -2.12. The molecule has 1 N–H and O–H groups in total. The van der Waals surface area contributed by atoms with E-state index in [-0.39, 0.29) is 28.9 Å². The minimum absolute atomic E-state index is 0.0135. The Balaban J connectivity index is 2.27. The minimum Gasteiger partial charge on any atom is -0.465 e. The first kappa shape index (κ1) is 16.6. The Morgan fingerprint density at radius 1 is 1.13 bits per heavy atom. The third-order valence-electron chi connectivity index (χ3n) is 3.30. The number of hydrogen-bond acceptors (Lipinski definition) is 4. The molecule has 0 fully saturated rings. The highest BCUT2D eigenvalue weighted by atomic mass is 19.1. The number of rotatable bonds is 5. The maximum absolute atomic E-state index is 13.8. The number of ether oxygens (including phenoxy) is 1. The summed E-state index contributed by atoms with van der Waals surface area (Å²) in [5, 5.41) is 2.82. The lowest BCUT2D eigenvalue weighted by molar-refractivity contribution is 0.0600. The summed E-state index contributed by atoms with van der Waals surface area (Å²) in [6.07, 6.45) is 0. The molecule has 0 spiro atoms. The van der Waals surface area contributed by atoms with Gasteiger partial charge in [-0.2, -0.15) is 0 Å². The first-order chi connectivity index (χ1) is 10.9. The van der Waals surface area contributed by atoms with Gasteiger partial charge in [-0.25, -0.2) is 13.6 Å². The van der Waals surface area contributed by atoms with E-state index in [4.69, 9.17) is 0 Å². The van der Waals surface area contributed by atoms with Gasteiger partial charge in [-0.15, -0.1) is 0 Å². The molecule has 6 heteroatoms. The van der Waals surface area contributed by atoms with E-state index in [9.17, 15) is 18.4 Å². The molecule has 2 aromatic rings. The molecule has 0 aliphatic carbocycles. The topological polar surface area (TPSA) is 55.4 Å². The fraction of sp³-hybridized carbons (Fsp3) is 0.176. The van der Waals surface area contributed by atoms with Crippen molar-refractivity contribution in [2.75, 3.05) is 12.4 Å². The molecule has 0 aliphatic rings. The normalized spacial score (nSPS) is 10.3.